The van der Waals surface area contributed by atoms with Crippen molar-refractivity contribution >= 4 is 34.2 Å². The summed E-state index contributed by atoms with van der Waals surface area (Å²) in [5, 5.41) is 0.475. The number of aromatic nitrogens is 2. The molecule has 1 aromatic rings. The molecule has 0 aliphatic rings. The SMILES string of the molecule is CCOC(C)(C)c1ncc(I)c(Cl)n1. The van der Waals surface area contributed by atoms with Crippen LogP contribution < -0.4 is 0 Å². The lowest BCUT2D eigenvalue weighted by Gasteiger charge is -2.22. The molecule has 0 fully saturated rings. The Kier molecular flexibility index (Phi) is 4.09. The van der Waals surface area contributed by atoms with Crippen molar-refractivity contribution < 1.29 is 4.74 Å². The minimum Gasteiger partial charge on any atom is -0.368 e. The molecule has 0 atom stereocenters. The molecule has 0 unspecified atom stereocenters. The molecular formula is C9H12ClIN2O. The molecule has 0 aliphatic carbocycles. The third-order valence-electron chi connectivity index (χ3n) is 1.74. The number of halogens is 2. The quantitative estimate of drug-likeness (QED) is 0.633. The van der Waals surface area contributed by atoms with Crippen LogP contribution in [0, 0.1) is 3.57 Å². The van der Waals surface area contributed by atoms with Crippen LogP contribution in [0.4, 0.5) is 0 Å². The van der Waals surface area contributed by atoms with Crippen molar-refractivity contribution in [3.05, 3.63) is 20.7 Å². The first-order valence-corrected chi connectivity index (χ1v) is 5.75. The Bertz CT molecular complexity index is 331. The highest BCUT2D eigenvalue weighted by molar-refractivity contribution is 14.1. The second-order valence-electron chi connectivity index (χ2n) is 3.28. The van der Waals surface area contributed by atoms with Crippen LogP contribution in [0.3, 0.4) is 0 Å². The van der Waals surface area contributed by atoms with Gasteiger partial charge in [0, 0.05) is 12.8 Å². The van der Waals surface area contributed by atoms with Crippen LogP contribution in [0.1, 0.15) is 26.6 Å². The lowest BCUT2D eigenvalue weighted by molar-refractivity contribution is -0.0208. The predicted octanol–water partition coefficient (Wildman–Crippen LogP) is 3.01. The maximum Gasteiger partial charge on any atom is 0.161 e. The van der Waals surface area contributed by atoms with Crippen LogP contribution in [-0.4, -0.2) is 16.6 Å². The smallest absolute Gasteiger partial charge is 0.161 e. The topological polar surface area (TPSA) is 35.0 Å². The van der Waals surface area contributed by atoms with E-state index in [0.717, 1.165) is 3.57 Å². The summed E-state index contributed by atoms with van der Waals surface area (Å²) in [7, 11) is 0. The van der Waals surface area contributed by atoms with Crippen molar-refractivity contribution in [1.82, 2.24) is 9.97 Å². The molecule has 0 radical (unpaired) electrons. The molecule has 0 N–H and O–H groups in total. The van der Waals surface area contributed by atoms with Crippen molar-refractivity contribution in [1.29, 1.82) is 0 Å². The fourth-order valence-corrected chi connectivity index (χ4v) is 1.45. The van der Waals surface area contributed by atoms with Crippen LogP contribution in [0.2, 0.25) is 5.15 Å². The van der Waals surface area contributed by atoms with Gasteiger partial charge in [-0.3, -0.25) is 0 Å². The molecule has 0 saturated heterocycles. The molecule has 5 heteroatoms. The Morgan fingerprint density at radius 3 is 2.71 bits per heavy atom. The van der Waals surface area contributed by atoms with Crippen molar-refractivity contribution in [2.75, 3.05) is 6.61 Å². The van der Waals surface area contributed by atoms with Crippen LogP contribution in [0.15, 0.2) is 6.20 Å². The van der Waals surface area contributed by atoms with E-state index < -0.39 is 5.60 Å². The molecule has 1 heterocycles. The number of rotatable bonds is 3. The largest absolute Gasteiger partial charge is 0.368 e. The van der Waals surface area contributed by atoms with Gasteiger partial charge in [0.2, 0.25) is 0 Å². The first kappa shape index (κ1) is 12.1. The number of nitrogens with zero attached hydrogens (tertiary/aromatic N) is 2. The van der Waals surface area contributed by atoms with Crippen LogP contribution in [0.25, 0.3) is 0 Å². The van der Waals surface area contributed by atoms with E-state index >= 15 is 0 Å². The Balaban J connectivity index is 3.01. The Morgan fingerprint density at radius 1 is 1.57 bits per heavy atom. The molecular weight excluding hydrogens is 314 g/mol. The summed E-state index contributed by atoms with van der Waals surface area (Å²) >= 11 is 8.00. The minimum absolute atomic E-state index is 0.475. The molecule has 78 valence electrons. The van der Waals surface area contributed by atoms with E-state index in [1.54, 1.807) is 6.20 Å². The van der Waals surface area contributed by atoms with Gasteiger partial charge < -0.3 is 4.74 Å². The molecule has 0 amide bonds. The van der Waals surface area contributed by atoms with E-state index in [1.165, 1.54) is 0 Å². The van der Waals surface area contributed by atoms with Gasteiger partial charge in [0.05, 0.1) is 3.57 Å². The summed E-state index contributed by atoms with van der Waals surface area (Å²) in [6, 6.07) is 0. The van der Waals surface area contributed by atoms with Gasteiger partial charge in [-0.15, -0.1) is 0 Å². The first-order chi connectivity index (χ1) is 6.47. The van der Waals surface area contributed by atoms with E-state index in [-0.39, 0.29) is 0 Å². The monoisotopic (exact) mass is 326 g/mol. The molecule has 0 spiro atoms. The molecule has 0 aliphatic heterocycles. The highest BCUT2D eigenvalue weighted by atomic mass is 127. The Labute approximate surface area is 102 Å². The average Bonchev–Trinajstić information content (AvgIpc) is 2.09. The van der Waals surface area contributed by atoms with Crippen molar-refractivity contribution in [3.8, 4) is 0 Å². The minimum atomic E-state index is -0.483. The zero-order chi connectivity index (χ0) is 10.8. The fourth-order valence-electron chi connectivity index (χ4n) is 1.06. The van der Waals surface area contributed by atoms with E-state index in [2.05, 4.69) is 32.6 Å². The van der Waals surface area contributed by atoms with Crippen LogP contribution >= 0.6 is 34.2 Å². The zero-order valence-corrected chi connectivity index (χ0v) is 11.3. The third kappa shape index (κ3) is 2.77. The summed E-state index contributed by atoms with van der Waals surface area (Å²) in [5.74, 6) is 0.616. The van der Waals surface area contributed by atoms with Gasteiger partial charge in [-0.1, -0.05) is 11.6 Å². The van der Waals surface area contributed by atoms with Crippen molar-refractivity contribution in [2.24, 2.45) is 0 Å². The summed E-state index contributed by atoms with van der Waals surface area (Å²) in [6.07, 6.45) is 1.70. The number of hydrogen-bond donors (Lipinski definition) is 0. The molecule has 1 aromatic heterocycles. The van der Waals surface area contributed by atoms with E-state index in [1.807, 2.05) is 20.8 Å². The second-order valence-corrected chi connectivity index (χ2v) is 4.80. The van der Waals surface area contributed by atoms with Crippen LogP contribution in [-0.2, 0) is 10.3 Å². The van der Waals surface area contributed by atoms with Gasteiger partial charge in [0.1, 0.15) is 10.8 Å². The van der Waals surface area contributed by atoms with E-state index in [4.69, 9.17) is 16.3 Å². The predicted molar refractivity (Wildman–Crippen MR) is 64.4 cm³/mol. The lowest BCUT2D eigenvalue weighted by Crippen LogP contribution is -2.24. The summed E-state index contributed by atoms with van der Waals surface area (Å²) in [4.78, 5) is 8.39. The van der Waals surface area contributed by atoms with Gasteiger partial charge >= 0.3 is 0 Å². The van der Waals surface area contributed by atoms with Crippen molar-refractivity contribution in [2.45, 2.75) is 26.4 Å². The standard InChI is InChI=1S/C9H12ClIN2O/c1-4-14-9(2,3)8-12-5-6(11)7(10)13-8/h5H,4H2,1-3H3. The summed E-state index contributed by atoms with van der Waals surface area (Å²) < 4.78 is 6.37. The first-order valence-electron chi connectivity index (χ1n) is 4.30. The molecule has 0 bridgehead atoms. The fraction of sp³-hybridized carbons (Fsp3) is 0.556. The second kappa shape index (κ2) is 4.72. The summed E-state index contributed by atoms with van der Waals surface area (Å²) in [6.45, 7) is 6.42. The number of hydrogen-bond acceptors (Lipinski definition) is 3. The third-order valence-corrected chi connectivity index (χ3v) is 3.14. The van der Waals surface area contributed by atoms with E-state index in [0.29, 0.717) is 17.6 Å². The molecule has 14 heavy (non-hydrogen) atoms. The average molecular weight is 327 g/mol. The van der Waals surface area contributed by atoms with Crippen LogP contribution in [0.5, 0.6) is 0 Å². The highest BCUT2D eigenvalue weighted by Gasteiger charge is 2.24. The molecule has 3 nitrogen and oxygen atoms in total. The number of ether oxygens (including phenoxy) is 1. The van der Waals surface area contributed by atoms with Gasteiger partial charge in [-0.25, -0.2) is 9.97 Å². The Morgan fingerprint density at radius 2 is 2.21 bits per heavy atom. The lowest BCUT2D eigenvalue weighted by atomic mass is 10.1. The van der Waals surface area contributed by atoms with Gasteiger partial charge in [-0.05, 0) is 43.4 Å². The maximum absolute atomic E-state index is 5.91. The maximum atomic E-state index is 5.91. The Hall–Kier alpha value is 0.0600. The molecule has 0 saturated carbocycles. The van der Waals surface area contributed by atoms with E-state index in [9.17, 15) is 0 Å². The van der Waals surface area contributed by atoms with Gasteiger partial charge in [0.25, 0.3) is 0 Å². The highest BCUT2D eigenvalue weighted by Crippen LogP contribution is 2.23. The zero-order valence-electron chi connectivity index (χ0n) is 8.34. The van der Waals surface area contributed by atoms with Gasteiger partial charge in [0.15, 0.2) is 5.82 Å². The molecule has 1 rings (SSSR count). The van der Waals surface area contributed by atoms with Crippen molar-refractivity contribution in [3.63, 3.8) is 0 Å². The summed E-state index contributed by atoms with van der Waals surface area (Å²) in [5.41, 5.74) is -0.483. The molecule has 0 aromatic carbocycles. The van der Waals surface area contributed by atoms with Gasteiger partial charge in [-0.2, -0.15) is 0 Å². The normalized spacial score (nSPS) is 11.8.